The summed E-state index contributed by atoms with van der Waals surface area (Å²) in [5, 5.41) is 28.2. The number of nitrogens with one attached hydrogen (secondary N) is 3. The number of nitrogens with zero attached hydrogens (tertiary/aromatic N) is 2. The molecule has 3 rings (SSSR count). The predicted molar refractivity (Wildman–Crippen MR) is 101 cm³/mol. The normalized spacial score (nSPS) is 13.1. The number of benzene rings is 1. The molecule has 0 unspecified atom stereocenters. The van der Waals surface area contributed by atoms with Gasteiger partial charge in [0, 0.05) is 11.8 Å². The Balaban J connectivity index is 1.82. The molecule has 0 spiro atoms. The number of aromatic amines is 1. The molecule has 0 fully saturated rings. The van der Waals surface area contributed by atoms with Gasteiger partial charge in [0.25, 0.3) is 5.91 Å². The van der Waals surface area contributed by atoms with E-state index in [4.69, 9.17) is 16.2 Å². The standard InChI is InChI=1S/C18H18N6O4/c1-8(25)14(18(27)28)24-17(26)10-3-5-12(21-7-10)16-22-11-4-2-9(15(19)20)6-13(11)23-16/h2-8,14,25H,1H3,(H3,19,20)(H,22,23)(H,24,26)(H,27,28)/t8-,14+/m1/s1. The minimum absolute atomic E-state index is 0.0585. The lowest BCUT2D eigenvalue weighted by atomic mass is 10.1. The Labute approximate surface area is 158 Å². The van der Waals surface area contributed by atoms with E-state index in [1.54, 1.807) is 24.3 Å². The molecule has 3 aromatic rings. The highest BCUT2D eigenvalue weighted by Crippen LogP contribution is 2.20. The first-order valence-corrected chi connectivity index (χ1v) is 8.28. The molecule has 2 heterocycles. The number of nitrogen functional groups attached to an aromatic ring is 1. The average molecular weight is 382 g/mol. The number of rotatable bonds is 6. The quantitative estimate of drug-likeness (QED) is 0.265. The number of pyridine rings is 1. The van der Waals surface area contributed by atoms with Gasteiger partial charge in [0.2, 0.25) is 0 Å². The number of carbonyl (C=O) groups excluding carboxylic acids is 1. The molecule has 7 N–H and O–H groups in total. The van der Waals surface area contributed by atoms with E-state index in [1.807, 2.05) is 0 Å². The third kappa shape index (κ3) is 3.81. The van der Waals surface area contributed by atoms with E-state index < -0.39 is 24.0 Å². The van der Waals surface area contributed by atoms with Crippen molar-refractivity contribution in [1.82, 2.24) is 20.3 Å². The van der Waals surface area contributed by atoms with Crippen LogP contribution in [0.25, 0.3) is 22.6 Å². The lowest BCUT2D eigenvalue weighted by molar-refractivity contribution is -0.141. The molecule has 10 heteroatoms. The summed E-state index contributed by atoms with van der Waals surface area (Å²) in [6.07, 6.45) is 0.0453. The Morgan fingerprint density at radius 1 is 1.25 bits per heavy atom. The molecule has 0 saturated heterocycles. The van der Waals surface area contributed by atoms with Gasteiger partial charge in [0.1, 0.15) is 11.5 Å². The van der Waals surface area contributed by atoms with E-state index >= 15 is 0 Å². The molecule has 2 atom stereocenters. The molecule has 28 heavy (non-hydrogen) atoms. The number of aliphatic hydroxyl groups excluding tert-OH is 1. The second-order valence-corrected chi connectivity index (χ2v) is 6.19. The van der Waals surface area contributed by atoms with Crippen LogP contribution >= 0.6 is 0 Å². The van der Waals surface area contributed by atoms with E-state index in [0.29, 0.717) is 22.6 Å². The Hall–Kier alpha value is -3.79. The molecule has 0 aliphatic heterocycles. The van der Waals surface area contributed by atoms with Crippen LogP contribution < -0.4 is 11.1 Å². The lowest BCUT2D eigenvalue weighted by Gasteiger charge is -2.16. The van der Waals surface area contributed by atoms with Crippen molar-refractivity contribution >= 4 is 28.7 Å². The van der Waals surface area contributed by atoms with Crippen LogP contribution in [0.3, 0.4) is 0 Å². The largest absolute Gasteiger partial charge is 0.480 e. The van der Waals surface area contributed by atoms with Gasteiger partial charge in [-0.1, -0.05) is 0 Å². The van der Waals surface area contributed by atoms with Crippen LogP contribution in [0.15, 0.2) is 36.5 Å². The smallest absolute Gasteiger partial charge is 0.328 e. The highest BCUT2D eigenvalue weighted by atomic mass is 16.4. The summed E-state index contributed by atoms with van der Waals surface area (Å²) < 4.78 is 0. The number of amides is 1. The average Bonchev–Trinajstić information content (AvgIpc) is 3.08. The number of carboxylic acid groups (broad SMARTS) is 1. The zero-order valence-electron chi connectivity index (χ0n) is 14.8. The van der Waals surface area contributed by atoms with Crippen LogP contribution in [-0.2, 0) is 4.79 Å². The molecule has 0 aliphatic rings. The van der Waals surface area contributed by atoms with Crippen LogP contribution in [0, 0.1) is 5.41 Å². The Kier molecular flexibility index (Phi) is 5.05. The number of fused-ring (bicyclic) bond motifs is 1. The second kappa shape index (κ2) is 7.45. The number of hydrogen-bond donors (Lipinski definition) is 6. The number of imidazole rings is 1. The zero-order chi connectivity index (χ0) is 20.4. The maximum absolute atomic E-state index is 12.2. The SMILES string of the molecule is C[C@@H](O)[C@H](NC(=O)c1ccc(-c2nc3cc(C(=N)N)ccc3[nH]2)nc1)C(=O)O. The van der Waals surface area contributed by atoms with E-state index in [9.17, 15) is 14.7 Å². The first-order valence-electron chi connectivity index (χ1n) is 8.28. The number of amidine groups is 1. The Bertz CT molecular complexity index is 1060. The van der Waals surface area contributed by atoms with Crippen molar-refractivity contribution in [1.29, 1.82) is 5.41 Å². The van der Waals surface area contributed by atoms with Gasteiger partial charge >= 0.3 is 5.97 Å². The molecule has 10 nitrogen and oxygen atoms in total. The highest BCUT2D eigenvalue weighted by molar-refractivity contribution is 5.98. The molecule has 1 amide bonds. The van der Waals surface area contributed by atoms with Gasteiger partial charge in [-0.3, -0.25) is 15.2 Å². The number of aliphatic hydroxyl groups is 1. The van der Waals surface area contributed by atoms with Crippen LogP contribution in [-0.4, -0.2) is 55.0 Å². The van der Waals surface area contributed by atoms with Crippen molar-refractivity contribution < 1.29 is 19.8 Å². The van der Waals surface area contributed by atoms with E-state index in [-0.39, 0.29) is 11.4 Å². The zero-order valence-corrected chi connectivity index (χ0v) is 14.8. The summed E-state index contributed by atoms with van der Waals surface area (Å²) in [5.74, 6) is -1.59. The summed E-state index contributed by atoms with van der Waals surface area (Å²) in [4.78, 5) is 34.9. The molecule has 0 aliphatic carbocycles. The Morgan fingerprint density at radius 2 is 1.96 bits per heavy atom. The van der Waals surface area contributed by atoms with Crippen LogP contribution in [0.4, 0.5) is 0 Å². The summed E-state index contributed by atoms with van der Waals surface area (Å²) in [7, 11) is 0. The van der Waals surface area contributed by atoms with Gasteiger partial charge in [-0.15, -0.1) is 0 Å². The number of carboxylic acids is 1. The number of aromatic nitrogens is 3. The lowest BCUT2D eigenvalue weighted by Crippen LogP contribution is -2.47. The summed E-state index contributed by atoms with van der Waals surface area (Å²) in [6, 6.07) is 6.77. The molecule has 2 aromatic heterocycles. The topological polar surface area (TPSA) is 178 Å². The molecule has 144 valence electrons. The molecule has 0 saturated carbocycles. The predicted octanol–water partition coefficient (Wildman–Crippen LogP) is 0.473. The number of H-pyrrole nitrogens is 1. The maximum Gasteiger partial charge on any atom is 0.328 e. The third-order valence-electron chi connectivity index (χ3n) is 4.10. The third-order valence-corrected chi connectivity index (χ3v) is 4.10. The minimum atomic E-state index is -1.42. The van der Waals surface area contributed by atoms with E-state index in [2.05, 4.69) is 20.3 Å². The van der Waals surface area contributed by atoms with Gasteiger partial charge in [-0.25, -0.2) is 9.78 Å². The summed E-state index contributed by atoms with van der Waals surface area (Å²) >= 11 is 0. The van der Waals surface area contributed by atoms with Crippen molar-refractivity contribution in [2.75, 3.05) is 0 Å². The van der Waals surface area contributed by atoms with Crippen molar-refractivity contribution in [2.45, 2.75) is 19.1 Å². The molecular formula is C18H18N6O4. The van der Waals surface area contributed by atoms with Crippen molar-refractivity contribution in [2.24, 2.45) is 5.73 Å². The Morgan fingerprint density at radius 3 is 2.54 bits per heavy atom. The number of aliphatic carboxylic acids is 1. The molecule has 1 aromatic carbocycles. The monoisotopic (exact) mass is 382 g/mol. The van der Waals surface area contributed by atoms with Gasteiger partial charge in [-0.05, 0) is 37.3 Å². The fourth-order valence-electron chi connectivity index (χ4n) is 2.58. The van der Waals surface area contributed by atoms with Crippen molar-refractivity contribution in [3.63, 3.8) is 0 Å². The minimum Gasteiger partial charge on any atom is -0.480 e. The number of carbonyl (C=O) groups is 2. The van der Waals surface area contributed by atoms with Crippen LogP contribution in [0.1, 0.15) is 22.8 Å². The molecular weight excluding hydrogens is 364 g/mol. The molecule has 0 bridgehead atoms. The van der Waals surface area contributed by atoms with Gasteiger partial charge in [-0.2, -0.15) is 0 Å². The number of hydrogen-bond acceptors (Lipinski definition) is 6. The van der Waals surface area contributed by atoms with Gasteiger partial charge in [0.05, 0.1) is 22.7 Å². The van der Waals surface area contributed by atoms with E-state index in [1.165, 1.54) is 19.2 Å². The van der Waals surface area contributed by atoms with Gasteiger partial charge < -0.3 is 26.2 Å². The van der Waals surface area contributed by atoms with Crippen molar-refractivity contribution in [3.8, 4) is 11.5 Å². The fraction of sp³-hybridized carbons (Fsp3) is 0.167. The second-order valence-electron chi connectivity index (χ2n) is 6.19. The van der Waals surface area contributed by atoms with Crippen molar-refractivity contribution in [3.05, 3.63) is 47.7 Å². The summed E-state index contributed by atoms with van der Waals surface area (Å²) in [6.45, 7) is 1.28. The number of nitrogens with two attached hydrogens (primary N) is 1. The first-order chi connectivity index (χ1) is 13.3. The highest BCUT2D eigenvalue weighted by Gasteiger charge is 2.25. The first kappa shape index (κ1) is 19.0. The fourth-order valence-corrected chi connectivity index (χ4v) is 2.58. The van der Waals surface area contributed by atoms with Gasteiger partial charge in [0.15, 0.2) is 11.9 Å². The van der Waals surface area contributed by atoms with Crippen LogP contribution in [0.5, 0.6) is 0 Å². The van der Waals surface area contributed by atoms with Crippen LogP contribution in [0.2, 0.25) is 0 Å². The summed E-state index contributed by atoms with van der Waals surface area (Å²) in [5.41, 5.74) is 8.01. The molecule has 0 radical (unpaired) electrons. The van der Waals surface area contributed by atoms with E-state index in [0.717, 1.165) is 5.52 Å². The maximum atomic E-state index is 12.2.